The van der Waals surface area contributed by atoms with E-state index in [-0.39, 0.29) is 11.1 Å². The van der Waals surface area contributed by atoms with Gasteiger partial charge in [-0.15, -0.1) is 11.8 Å². The lowest BCUT2D eigenvalue weighted by molar-refractivity contribution is -0.144. The number of carboxylic acid groups (broad SMARTS) is 1. The molecule has 3 nitrogen and oxygen atoms in total. The molecule has 2 unspecified atom stereocenters. The lowest BCUT2D eigenvalue weighted by Gasteiger charge is -2.25. The Hall–Kier alpha value is -1.07. The first-order valence-corrected chi connectivity index (χ1v) is 7.34. The molecule has 1 aromatic carbocycles. The van der Waals surface area contributed by atoms with Crippen molar-refractivity contribution in [2.24, 2.45) is 0 Å². The summed E-state index contributed by atoms with van der Waals surface area (Å²) >= 11 is 1.57. The highest BCUT2D eigenvalue weighted by molar-refractivity contribution is 8.00. The van der Waals surface area contributed by atoms with Gasteiger partial charge in [0.05, 0.1) is 0 Å². The molecule has 1 aliphatic rings. The fourth-order valence-corrected chi connectivity index (χ4v) is 3.93. The zero-order chi connectivity index (χ0) is 13.9. The van der Waals surface area contributed by atoms with Crippen molar-refractivity contribution >= 4 is 17.7 Å². The second-order valence-corrected chi connectivity index (χ2v) is 6.23. The number of aliphatic carboxylic acids is 1. The van der Waals surface area contributed by atoms with Gasteiger partial charge in [-0.2, -0.15) is 0 Å². The molecular formula is C14H18FNO2S. The third kappa shape index (κ3) is 3.28. The van der Waals surface area contributed by atoms with Gasteiger partial charge in [0.15, 0.2) is 0 Å². The van der Waals surface area contributed by atoms with E-state index in [4.69, 9.17) is 0 Å². The summed E-state index contributed by atoms with van der Waals surface area (Å²) in [6.45, 7) is 2.56. The van der Waals surface area contributed by atoms with Crippen molar-refractivity contribution in [1.82, 2.24) is 5.32 Å². The molecule has 104 valence electrons. The quantitative estimate of drug-likeness (QED) is 0.872. The molecule has 1 saturated carbocycles. The molecule has 1 aliphatic carbocycles. The van der Waals surface area contributed by atoms with Gasteiger partial charge in [0.1, 0.15) is 11.4 Å². The average molecular weight is 283 g/mol. The molecule has 0 radical (unpaired) electrons. The number of carbonyl (C=O) groups is 1. The van der Waals surface area contributed by atoms with E-state index in [9.17, 15) is 14.3 Å². The number of hydrogen-bond donors (Lipinski definition) is 2. The molecular weight excluding hydrogens is 265 g/mol. The van der Waals surface area contributed by atoms with Crippen molar-refractivity contribution in [2.45, 2.75) is 41.9 Å². The number of carboxylic acids is 1. The van der Waals surface area contributed by atoms with E-state index in [1.54, 1.807) is 17.8 Å². The van der Waals surface area contributed by atoms with Crippen LogP contribution in [0.15, 0.2) is 29.2 Å². The van der Waals surface area contributed by atoms with E-state index in [2.05, 4.69) is 5.32 Å². The van der Waals surface area contributed by atoms with Crippen LogP contribution in [0.3, 0.4) is 0 Å². The van der Waals surface area contributed by atoms with Crippen LogP contribution in [0.4, 0.5) is 4.39 Å². The summed E-state index contributed by atoms with van der Waals surface area (Å²) in [5.41, 5.74) is -0.806. The van der Waals surface area contributed by atoms with E-state index < -0.39 is 11.5 Å². The SMILES string of the molecule is CCNC1(C(=O)O)CCC(Sc2cccc(F)c2)C1. The predicted molar refractivity (Wildman–Crippen MR) is 73.9 cm³/mol. The molecule has 0 aromatic heterocycles. The molecule has 19 heavy (non-hydrogen) atoms. The summed E-state index contributed by atoms with van der Waals surface area (Å²) in [5.74, 6) is -1.03. The number of halogens is 1. The first-order chi connectivity index (χ1) is 9.05. The average Bonchev–Trinajstić information content (AvgIpc) is 2.74. The number of rotatable bonds is 5. The second kappa shape index (κ2) is 5.92. The maximum absolute atomic E-state index is 13.1. The number of thioether (sulfide) groups is 1. The summed E-state index contributed by atoms with van der Waals surface area (Å²) in [6.07, 6.45) is 2.04. The minimum absolute atomic E-state index is 0.219. The predicted octanol–water partition coefficient (Wildman–Crippen LogP) is 2.90. The number of hydrogen-bond acceptors (Lipinski definition) is 3. The van der Waals surface area contributed by atoms with E-state index in [1.165, 1.54) is 12.1 Å². The third-order valence-corrected chi connectivity index (χ3v) is 4.75. The summed E-state index contributed by atoms with van der Waals surface area (Å²) in [5, 5.41) is 12.7. The number of benzene rings is 1. The molecule has 0 heterocycles. The molecule has 0 saturated heterocycles. The Labute approximate surface area is 116 Å². The zero-order valence-electron chi connectivity index (χ0n) is 10.9. The topological polar surface area (TPSA) is 49.3 Å². The fraction of sp³-hybridized carbons (Fsp3) is 0.500. The van der Waals surface area contributed by atoms with E-state index in [0.717, 1.165) is 11.3 Å². The van der Waals surface area contributed by atoms with Gasteiger partial charge in [0.25, 0.3) is 0 Å². The minimum atomic E-state index is -0.806. The largest absolute Gasteiger partial charge is 0.480 e. The summed E-state index contributed by atoms with van der Waals surface area (Å²) < 4.78 is 13.1. The van der Waals surface area contributed by atoms with Gasteiger partial charge in [-0.05, 0) is 44.0 Å². The highest BCUT2D eigenvalue weighted by atomic mass is 32.2. The monoisotopic (exact) mass is 283 g/mol. The standard InChI is InChI=1S/C14H18FNO2S/c1-2-16-14(13(17)18)7-6-12(9-14)19-11-5-3-4-10(15)8-11/h3-5,8,12,16H,2,6-7,9H2,1H3,(H,17,18). The van der Waals surface area contributed by atoms with Crippen molar-refractivity contribution < 1.29 is 14.3 Å². The van der Waals surface area contributed by atoms with Crippen LogP contribution in [0.2, 0.25) is 0 Å². The molecule has 2 rings (SSSR count). The Morgan fingerprint density at radius 2 is 2.42 bits per heavy atom. The Balaban J connectivity index is 2.03. The first kappa shape index (κ1) is 14.3. The van der Waals surface area contributed by atoms with Crippen LogP contribution in [-0.2, 0) is 4.79 Å². The fourth-order valence-electron chi connectivity index (χ4n) is 2.60. The highest BCUT2D eigenvalue weighted by Gasteiger charge is 2.45. The van der Waals surface area contributed by atoms with Gasteiger partial charge in [-0.1, -0.05) is 13.0 Å². The van der Waals surface area contributed by atoms with Crippen molar-refractivity contribution in [3.05, 3.63) is 30.1 Å². The van der Waals surface area contributed by atoms with Crippen LogP contribution in [0.1, 0.15) is 26.2 Å². The van der Waals surface area contributed by atoms with Gasteiger partial charge in [0.2, 0.25) is 0 Å². The Bertz CT molecular complexity index is 469. The lowest BCUT2D eigenvalue weighted by Crippen LogP contribution is -2.50. The molecule has 0 amide bonds. The Morgan fingerprint density at radius 3 is 3.05 bits per heavy atom. The second-order valence-electron chi connectivity index (χ2n) is 4.86. The lowest BCUT2D eigenvalue weighted by atomic mass is 9.98. The van der Waals surface area contributed by atoms with Crippen LogP contribution in [-0.4, -0.2) is 28.4 Å². The normalized spacial score (nSPS) is 26.5. The van der Waals surface area contributed by atoms with Crippen LogP contribution in [0, 0.1) is 5.82 Å². The summed E-state index contributed by atoms with van der Waals surface area (Å²) in [7, 11) is 0. The smallest absolute Gasteiger partial charge is 0.323 e. The van der Waals surface area contributed by atoms with Crippen molar-refractivity contribution in [3.63, 3.8) is 0 Å². The molecule has 2 atom stereocenters. The first-order valence-electron chi connectivity index (χ1n) is 6.46. The van der Waals surface area contributed by atoms with E-state index in [0.29, 0.717) is 19.4 Å². The van der Waals surface area contributed by atoms with Gasteiger partial charge in [-0.25, -0.2) is 4.39 Å². The van der Waals surface area contributed by atoms with Gasteiger partial charge >= 0.3 is 5.97 Å². The maximum Gasteiger partial charge on any atom is 0.323 e. The van der Waals surface area contributed by atoms with Crippen LogP contribution < -0.4 is 5.32 Å². The van der Waals surface area contributed by atoms with Crippen LogP contribution >= 0.6 is 11.8 Å². The molecule has 0 aliphatic heterocycles. The minimum Gasteiger partial charge on any atom is -0.480 e. The van der Waals surface area contributed by atoms with Crippen LogP contribution in [0.25, 0.3) is 0 Å². The van der Waals surface area contributed by atoms with E-state index in [1.807, 2.05) is 13.0 Å². The summed E-state index contributed by atoms with van der Waals surface area (Å²) in [6, 6.07) is 6.46. The van der Waals surface area contributed by atoms with Crippen molar-refractivity contribution in [1.29, 1.82) is 0 Å². The molecule has 1 fully saturated rings. The molecule has 0 spiro atoms. The zero-order valence-corrected chi connectivity index (χ0v) is 11.7. The summed E-state index contributed by atoms with van der Waals surface area (Å²) in [4.78, 5) is 12.3. The van der Waals surface area contributed by atoms with Gasteiger partial charge < -0.3 is 10.4 Å². The number of nitrogens with one attached hydrogen (secondary N) is 1. The van der Waals surface area contributed by atoms with Gasteiger partial charge in [-0.3, -0.25) is 4.79 Å². The molecule has 2 N–H and O–H groups in total. The molecule has 5 heteroatoms. The number of likely N-dealkylation sites (N-methyl/N-ethyl adjacent to an activating group) is 1. The van der Waals surface area contributed by atoms with Crippen molar-refractivity contribution in [2.75, 3.05) is 6.54 Å². The Kier molecular flexibility index (Phi) is 4.47. The highest BCUT2D eigenvalue weighted by Crippen LogP contribution is 2.40. The van der Waals surface area contributed by atoms with Gasteiger partial charge in [0, 0.05) is 10.1 Å². The Morgan fingerprint density at radius 1 is 1.63 bits per heavy atom. The molecule has 1 aromatic rings. The van der Waals surface area contributed by atoms with Crippen molar-refractivity contribution in [3.8, 4) is 0 Å². The maximum atomic E-state index is 13.1. The third-order valence-electron chi connectivity index (χ3n) is 3.49. The molecule has 0 bridgehead atoms. The van der Waals surface area contributed by atoms with E-state index >= 15 is 0 Å². The van der Waals surface area contributed by atoms with Crippen LogP contribution in [0.5, 0.6) is 0 Å².